The van der Waals surface area contributed by atoms with Crippen molar-refractivity contribution in [2.24, 2.45) is 0 Å². The number of benzene rings is 1. The predicted octanol–water partition coefficient (Wildman–Crippen LogP) is 2.87. The van der Waals surface area contributed by atoms with E-state index in [2.05, 4.69) is 4.74 Å². The monoisotopic (exact) mass is 270 g/mol. The molecular formula is C13H15ClO4. The van der Waals surface area contributed by atoms with Crippen molar-refractivity contribution in [2.75, 3.05) is 13.7 Å². The molecule has 0 N–H and O–H groups in total. The summed E-state index contributed by atoms with van der Waals surface area (Å²) in [7, 11) is 1.29. The van der Waals surface area contributed by atoms with E-state index in [0.717, 1.165) is 0 Å². The summed E-state index contributed by atoms with van der Waals surface area (Å²) < 4.78 is 9.74. The number of esters is 1. The van der Waals surface area contributed by atoms with Gasteiger partial charge < -0.3 is 9.47 Å². The van der Waals surface area contributed by atoms with Crippen LogP contribution in [0.5, 0.6) is 5.75 Å². The van der Waals surface area contributed by atoms with Crippen LogP contribution in [0.4, 0.5) is 0 Å². The Morgan fingerprint density at radius 2 is 2.00 bits per heavy atom. The van der Waals surface area contributed by atoms with E-state index in [1.807, 2.05) is 6.92 Å². The van der Waals surface area contributed by atoms with Crippen molar-refractivity contribution in [3.63, 3.8) is 0 Å². The van der Waals surface area contributed by atoms with Gasteiger partial charge in [0.15, 0.2) is 5.78 Å². The molecule has 98 valence electrons. The minimum Gasteiger partial charge on any atom is -0.494 e. The number of ketones is 1. The Labute approximate surface area is 111 Å². The summed E-state index contributed by atoms with van der Waals surface area (Å²) in [5.41, 5.74) is 0.393. The first kappa shape index (κ1) is 14.5. The van der Waals surface area contributed by atoms with Gasteiger partial charge in [0.25, 0.3) is 0 Å². The van der Waals surface area contributed by atoms with E-state index in [4.69, 9.17) is 16.3 Å². The fourth-order valence-corrected chi connectivity index (χ4v) is 1.71. The third kappa shape index (κ3) is 4.04. The second-order valence-electron chi connectivity index (χ2n) is 3.57. The number of halogens is 1. The molecule has 0 saturated carbocycles. The van der Waals surface area contributed by atoms with Gasteiger partial charge >= 0.3 is 5.97 Å². The molecule has 0 saturated heterocycles. The van der Waals surface area contributed by atoms with Crippen LogP contribution in [-0.2, 0) is 9.53 Å². The van der Waals surface area contributed by atoms with E-state index < -0.39 is 5.97 Å². The summed E-state index contributed by atoms with van der Waals surface area (Å²) in [5, 5.41) is 0.329. The van der Waals surface area contributed by atoms with E-state index in [1.54, 1.807) is 18.2 Å². The lowest BCUT2D eigenvalue weighted by Crippen LogP contribution is -2.06. The van der Waals surface area contributed by atoms with Crippen molar-refractivity contribution in [1.29, 1.82) is 0 Å². The van der Waals surface area contributed by atoms with E-state index in [-0.39, 0.29) is 18.6 Å². The number of ether oxygens (including phenoxy) is 2. The first-order chi connectivity index (χ1) is 8.58. The molecule has 0 heterocycles. The van der Waals surface area contributed by atoms with Crippen LogP contribution >= 0.6 is 11.6 Å². The molecule has 1 aromatic rings. The molecule has 0 aliphatic carbocycles. The highest BCUT2D eigenvalue weighted by atomic mass is 35.5. The number of rotatable bonds is 6. The molecule has 1 rings (SSSR count). The molecule has 0 amide bonds. The molecule has 4 nitrogen and oxygen atoms in total. The predicted molar refractivity (Wildman–Crippen MR) is 68.2 cm³/mol. The minimum absolute atomic E-state index is 0.0544. The maximum absolute atomic E-state index is 11.8. The van der Waals surface area contributed by atoms with Crippen LogP contribution in [0.25, 0.3) is 0 Å². The quantitative estimate of drug-likeness (QED) is 0.589. The van der Waals surface area contributed by atoms with Crippen molar-refractivity contribution in [2.45, 2.75) is 19.8 Å². The van der Waals surface area contributed by atoms with Gasteiger partial charge in [0.1, 0.15) is 5.75 Å². The summed E-state index contributed by atoms with van der Waals surface area (Å²) in [4.78, 5) is 22.8. The first-order valence-corrected chi connectivity index (χ1v) is 5.98. The van der Waals surface area contributed by atoms with Crippen LogP contribution in [0.1, 0.15) is 30.1 Å². The van der Waals surface area contributed by atoms with Crippen LogP contribution in [0.15, 0.2) is 18.2 Å². The number of carbonyl (C=O) groups is 2. The van der Waals surface area contributed by atoms with Gasteiger partial charge in [0.05, 0.1) is 25.2 Å². The fourth-order valence-electron chi connectivity index (χ4n) is 1.43. The standard InChI is InChI=1S/C13H15ClO4/c1-3-18-9-4-5-10(11(14)8-9)12(15)6-7-13(16)17-2/h4-5,8H,3,6-7H2,1-2H3. The molecule has 18 heavy (non-hydrogen) atoms. The van der Waals surface area contributed by atoms with Crippen LogP contribution in [0.3, 0.4) is 0 Å². The fraction of sp³-hybridized carbons (Fsp3) is 0.385. The molecule has 0 atom stereocenters. The van der Waals surface area contributed by atoms with E-state index in [1.165, 1.54) is 7.11 Å². The van der Waals surface area contributed by atoms with Gasteiger partial charge in [-0.25, -0.2) is 0 Å². The number of carbonyl (C=O) groups excluding carboxylic acids is 2. The minimum atomic E-state index is -0.412. The largest absolute Gasteiger partial charge is 0.494 e. The second-order valence-corrected chi connectivity index (χ2v) is 3.98. The van der Waals surface area contributed by atoms with Gasteiger partial charge in [-0.2, -0.15) is 0 Å². The summed E-state index contributed by atoms with van der Waals surface area (Å²) in [5.74, 6) is 0.0193. The molecular weight excluding hydrogens is 256 g/mol. The number of Topliss-reactive ketones (excluding diaryl/α,β-unsaturated/α-hetero) is 1. The van der Waals surface area contributed by atoms with Crippen molar-refractivity contribution < 1.29 is 19.1 Å². The van der Waals surface area contributed by atoms with Gasteiger partial charge in [-0.1, -0.05) is 11.6 Å². The lowest BCUT2D eigenvalue weighted by atomic mass is 10.1. The zero-order valence-corrected chi connectivity index (χ0v) is 11.1. The molecule has 0 spiro atoms. The Kier molecular flexibility index (Phi) is 5.65. The zero-order chi connectivity index (χ0) is 13.5. The maximum atomic E-state index is 11.8. The third-order valence-corrected chi connectivity index (χ3v) is 2.65. The third-order valence-electron chi connectivity index (χ3n) is 2.34. The van der Waals surface area contributed by atoms with Gasteiger partial charge in [-0.15, -0.1) is 0 Å². The average Bonchev–Trinajstić information content (AvgIpc) is 2.36. The van der Waals surface area contributed by atoms with E-state index >= 15 is 0 Å². The second kappa shape index (κ2) is 7.01. The van der Waals surface area contributed by atoms with Gasteiger partial charge in [-0.3, -0.25) is 9.59 Å². The molecule has 5 heteroatoms. The molecule has 0 aromatic heterocycles. The summed E-state index contributed by atoms with van der Waals surface area (Å²) in [6, 6.07) is 4.88. The topological polar surface area (TPSA) is 52.6 Å². The van der Waals surface area contributed by atoms with Crippen LogP contribution < -0.4 is 4.74 Å². The SMILES string of the molecule is CCOc1ccc(C(=O)CCC(=O)OC)c(Cl)c1. The summed E-state index contributed by atoms with van der Waals surface area (Å²) in [6.45, 7) is 2.40. The Morgan fingerprint density at radius 3 is 2.56 bits per heavy atom. The van der Waals surface area contributed by atoms with Gasteiger partial charge in [0.2, 0.25) is 0 Å². The number of methoxy groups -OCH3 is 1. The van der Waals surface area contributed by atoms with Crippen molar-refractivity contribution >= 4 is 23.4 Å². The van der Waals surface area contributed by atoms with E-state index in [9.17, 15) is 9.59 Å². The summed E-state index contributed by atoms with van der Waals surface area (Å²) >= 11 is 5.99. The highest BCUT2D eigenvalue weighted by molar-refractivity contribution is 6.34. The average molecular weight is 271 g/mol. The molecule has 0 bridgehead atoms. The van der Waals surface area contributed by atoms with Crippen molar-refractivity contribution in [3.05, 3.63) is 28.8 Å². The van der Waals surface area contributed by atoms with Gasteiger partial charge in [0, 0.05) is 12.0 Å². The highest BCUT2D eigenvalue weighted by Gasteiger charge is 2.13. The zero-order valence-electron chi connectivity index (χ0n) is 10.4. The van der Waals surface area contributed by atoms with Gasteiger partial charge in [-0.05, 0) is 25.1 Å². The smallest absolute Gasteiger partial charge is 0.305 e. The molecule has 0 unspecified atom stereocenters. The van der Waals surface area contributed by atoms with Crippen LogP contribution in [0.2, 0.25) is 5.02 Å². The van der Waals surface area contributed by atoms with Crippen LogP contribution in [0, 0.1) is 0 Å². The molecule has 0 fully saturated rings. The van der Waals surface area contributed by atoms with Crippen molar-refractivity contribution in [3.8, 4) is 5.75 Å². The lowest BCUT2D eigenvalue weighted by Gasteiger charge is -2.07. The van der Waals surface area contributed by atoms with E-state index in [0.29, 0.717) is 22.9 Å². The molecule has 1 aromatic carbocycles. The lowest BCUT2D eigenvalue weighted by molar-refractivity contribution is -0.140. The molecule has 0 radical (unpaired) electrons. The normalized spacial score (nSPS) is 9.94. The van der Waals surface area contributed by atoms with Crippen LogP contribution in [-0.4, -0.2) is 25.5 Å². The molecule has 0 aliphatic heterocycles. The first-order valence-electron chi connectivity index (χ1n) is 5.60. The number of hydrogen-bond donors (Lipinski definition) is 0. The van der Waals surface area contributed by atoms with Crippen molar-refractivity contribution in [1.82, 2.24) is 0 Å². The Balaban J connectivity index is 2.71. The molecule has 0 aliphatic rings. The Bertz CT molecular complexity index is 443. The number of hydrogen-bond acceptors (Lipinski definition) is 4. The maximum Gasteiger partial charge on any atom is 0.305 e. The highest BCUT2D eigenvalue weighted by Crippen LogP contribution is 2.24. The Hall–Kier alpha value is -1.55. The Morgan fingerprint density at radius 1 is 1.28 bits per heavy atom. The summed E-state index contributed by atoms with van der Waals surface area (Å²) in [6.07, 6.45) is 0.138.